The number of carboxylic acid groups (broad SMARTS) is 1. The zero-order chi connectivity index (χ0) is 13.1. The highest BCUT2D eigenvalue weighted by Gasteiger charge is 2.26. The normalized spacial score (nSPS) is 19.6. The maximum atomic E-state index is 13.1. The van der Waals surface area contributed by atoms with E-state index >= 15 is 0 Å². The van der Waals surface area contributed by atoms with E-state index in [4.69, 9.17) is 10.8 Å². The number of hydrogen-bond acceptors (Lipinski definition) is 4. The summed E-state index contributed by atoms with van der Waals surface area (Å²) in [4.78, 5) is 16.1. The lowest BCUT2D eigenvalue weighted by Crippen LogP contribution is -2.47. The highest BCUT2D eigenvalue weighted by molar-refractivity contribution is 5.67. The topological polar surface area (TPSA) is 91.5 Å². The number of likely N-dealkylation sites (tertiary alicyclic amines) is 1. The van der Waals surface area contributed by atoms with Gasteiger partial charge in [-0.15, -0.1) is 0 Å². The van der Waals surface area contributed by atoms with E-state index in [9.17, 15) is 9.18 Å². The molecule has 1 atom stereocenters. The summed E-state index contributed by atoms with van der Waals surface area (Å²) in [7, 11) is 0. The van der Waals surface area contributed by atoms with Gasteiger partial charge in [-0.2, -0.15) is 0 Å². The predicted octanol–water partition coefficient (Wildman–Crippen LogP) is 1.70. The van der Waals surface area contributed by atoms with E-state index in [0.717, 1.165) is 19.0 Å². The molecule has 1 aliphatic heterocycles. The van der Waals surface area contributed by atoms with Gasteiger partial charge >= 0.3 is 6.09 Å². The molecule has 0 spiro atoms. The van der Waals surface area contributed by atoms with Crippen LogP contribution < -0.4 is 11.1 Å². The minimum Gasteiger partial charge on any atom is -0.465 e. The molecule has 1 saturated heterocycles. The number of nitrogens with zero attached hydrogens (tertiary/aromatic N) is 2. The summed E-state index contributed by atoms with van der Waals surface area (Å²) in [5, 5.41) is 12.0. The van der Waals surface area contributed by atoms with Crippen LogP contribution >= 0.6 is 0 Å². The van der Waals surface area contributed by atoms with Gasteiger partial charge in [0.25, 0.3) is 0 Å². The van der Waals surface area contributed by atoms with Gasteiger partial charge in [0.2, 0.25) is 0 Å². The molecule has 2 heterocycles. The van der Waals surface area contributed by atoms with Gasteiger partial charge in [-0.1, -0.05) is 0 Å². The van der Waals surface area contributed by atoms with Crippen molar-refractivity contribution in [1.29, 1.82) is 0 Å². The van der Waals surface area contributed by atoms with E-state index in [1.54, 1.807) is 0 Å². The summed E-state index contributed by atoms with van der Waals surface area (Å²) in [5.74, 6) is -0.350. The van der Waals surface area contributed by atoms with Crippen LogP contribution in [0.25, 0.3) is 0 Å². The molecule has 1 unspecified atom stereocenters. The number of aromatic nitrogens is 1. The van der Waals surface area contributed by atoms with Crippen molar-refractivity contribution >= 4 is 17.6 Å². The van der Waals surface area contributed by atoms with Crippen LogP contribution in [-0.2, 0) is 0 Å². The third-order valence-corrected chi connectivity index (χ3v) is 2.96. The predicted molar refractivity (Wildman–Crippen MR) is 64.6 cm³/mol. The van der Waals surface area contributed by atoms with E-state index in [-0.39, 0.29) is 12.0 Å². The fourth-order valence-corrected chi connectivity index (χ4v) is 2.06. The average molecular weight is 254 g/mol. The lowest BCUT2D eigenvalue weighted by atomic mass is 10.1. The number of nitrogens with two attached hydrogens (primary N) is 1. The van der Waals surface area contributed by atoms with Crippen LogP contribution in [0.4, 0.5) is 20.7 Å². The van der Waals surface area contributed by atoms with Gasteiger partial charge in [0.1, 0.15) is 17.8 Å². The number of amides is 1. The van der Waals surface area contributed by atoms with Crippen LogP contribution in [0.15, 0.2) is 12.3 Å². The standard InChI is InChI=1S/C11H15FN4O2/c12-7-5-8(10(13)14-6-7)15-9-3-1-2-4-16(9)11(17)18/h5-6,9,15H,1-4H2,(H2,13,14)(H,17,18). The average Bonchev–Trinajstić information content (AvgIpc) is 2.34. The Morgan fingerprint density at radius 3 is 3.11 bits per heavy atom. The van der Waals surface area contributed by atoms with Crippen molar-refractivity contribution in [2.24, 2.45) is 0 Å². The van der Waals surface area contributed by atoms with Gasteiger partial charge in [0.15, 0.2) is 0 Å². The Morgan fingerprint density at radius 1 is 1.61 bits per heavy atom. The number of nitrogens with one attached hydrogen (secondary N) is 1. The fraction of sp³-hybridized carbons (Fsp3) is 0.455. The zero-order valence-corrected chi connectivity index (χ0v) is 9.77. The highest BCUT2D eigenvalue weighted by atomic mass is 19.1. The third-order valence-electron chi connectivity index (χ3n) is 2.96. The van der Waals surface area contributed by atoms with Gasteiger partial charge in [-0.25, -0.2) is 14.2 Å². The first-order chi connectivity index (χ1) is 8.58. The van der Waals surface area contributed by atoms with Crippen LogP contribution in [0.3, 0.4) is 0 Å². The van der Waals surface area contributed by atoms with E-state index in [0.29, 0.717) is 18.7 Å². The van der Waals surface area contributed by atoms with Gasteiger partial charge in [0, 0.05) is 12.6 Å². The maximum absolute atomic E-state index is 13.1. The van der Waals surface area contributed by atoms with E-state index in [2.05, 4.69) is 10.3 Å². The maximum Gasteiger partial charge on any atom is 0.408 e. The molecule has 0 bridgehead atoms. The molecule has 1 fully saturated rings. The molecule has 18 heavy (non-hydrogen) atoms. The van der Waals surface area contributed by atoms with Crippen LogP contribution in [0.2, 0.25) is 0 Å². The van der Waals surface area contributed by atoms with Gasteiger partial charge in [-0.05, 0) is 19.3 Å². The van der Waals surface area contributed by atoms with Gasteiger partial charge in [-0.3, -0.25) is 4.90 Å². The molecule has 1 amide bonds. The first kappa shape index (κ1) is 12.4. The molecule has 1 aromatic rings. The highest BCUT2D eigenvalue weighted by Crippen LogP contribution is 2.23. The summed E-state index contributed by atoms with van der Waals surface area (Å²) < 4.78 is 13.1. The number of rotatable bonds is 2. The molecule has 2 rings (SSSR count). The molecule has 4 N–H and O–H groups in total. The Labute approximate surface area is 104 Å². The number of halogens is 1. The van der Waals surface area contributed by atoms with Gasteiger partial charge in [0.05, 0.1) is 11.9 Å². The van der Waals surface area contributed by atoms with Crippen LogP contribution in [0.1, 0.15) is 19.3 Å². The molecule has 0 aliphatic carbocycles. The minimum absolute atomic E-state index is 0.160. The molecular formula is C11H15FN4O2. The Balaban J connectivity index is 2.15. The molecule has 1 aliphatic rings. The quantitative estimate of drug-likeness (QED) is 0.747. The monoisotopic (exact) mass is 254 g/mol. The molecule has 0 radical (unpaired) electrons. The molecule has 98 valence electrons. The summed E-state index contributed by atoms with van der Waals surface area (Å²) >= 11 is 0. The Morgan fingerprint density at radius 2 is 2.39 bits per heavy atom. The third kappa shape index (κ3) is 2.61. The summed E-state index contributed by atoms with van der Waals surface area (Å²) in [6, 6.07) is 1.22. The Hall–Kier alpha value is -2.05. The number of piperidine rings is 1. The lowest BCUT2D eigenvalue weighted by Gasteiger charge is -2.34. The second-order valence-electron chi connectivity index (χ2n) is 4.22. The number of anilines is 2. The van der Waals surface area contributed by atoms with Crippen LogP contribution in [-0.4, -0.2) is 33.8 Å². The largest absolute Gasteiger partial charge is 0.465 e. The molecular weight excluding hydrogens is 239 g/mol. The fourth-order valence-electron chi connectivity index (χ4n) is 2.06. The summed E-state index contributed by atoms with van der Waals surface area (Å²) in [6.45, 7) is 0.468. The van der Waals surface area contributed by atoms with Gasteiger partial charge < -0.3 is 16.2 Å². The second-order valence-corrected chi connectivity index (χ2v) is 4.22. The van der Waals surface area contributed by atoms with Crippen molar-refractivity contribution in [3.63, 3.8) is 0 Å². The molecule has 1 aromatic heterocycles. The van der Waals surface area contributed by atoms with Crippen LogP contribution in [0.5, 0.6) is 0 Å². The smallest absolute Gasteiger partial charge is 0.408 e. The lowest BCUT2D eigenvalue weighted by molar-refractivity contribution is 0.115. The van der Waals surface area contributed by atoms with Crippen molar-refractivity contribution in [2.45, 2.75) is 25.4 Å². The van der Waals surface area contributed by atoms with E-state index in [1.807, 2.05) is 0 Å². The van der Waals surface area contributed by atoms with Crippen LogP contribution in [0, 0.1) is 5.82 Å². The van der Waals surface area contributed by atoms with Crippen molar-refractivity contribution in [3.05, 3.63) is 18.1 Å². The number of hydrogen-bond donors (Lipinski definition) is 3. The van der Waals surface area contributed by atoms with E-state index < -0.39 is 11.9 Å². The second kappa shape index (κ2) is 5.07. The molecule has 6 nitrogen and oxygen atoms in total. The summed E-state index contributed by atoms with van der Waals surface area (Å²) in [5.41, 5.74) is 5.95. The molecule has 0 saturated carbocycles. The zero-order valence-electron chi connectivity index (χ0n) is 9.77. The van der Waals surface area contributed by atoms with Crippen molar-refractivity contribution in [1.82, 2.24) is 9.88 Å². The number of nitrogen functional groups attached to an aromatic ring is 1. The first-order valence-corrected chi connectivity index (χ1v) is 5.75. The SMILES string of the molecule is Nc1ncc(F)cc1NC1CCCCN1C(=O)O. The van der Waals surface area contributed by atoms with Crippen molar-refractivity contribution in [2.75, 3.05) is 17.6 Å². The first-order valence-electron chi connectivity index (χ1n) is 5.75. The molecule has 0 aromatic carbocycles. The Kier molecular flexibility index (Phi) is 3.50. The minimum atomic E-state index is -0.991. The summed E-state index contributed by atoms with van der Waals surface area (Å²) in [6.07, 6.45) is 2.07. The van der Waals surface area contributed by atoms with E-state index in [1.165, 1.54) is 11.0 Å². The van der Waals surface area contributed by atoms with Crippen molar-refractivity contribution < 1.29 is 14.3 Å². The Bertz CT molecular complexity index is 455. The van der Waals surface area contributed by atoms with Crippen molar-refractivity contribution in [3.8, 4) is 0 Å². The molecule has 7 heteroatoms. The number of carbonyl (C=O) groups is 1. The number of pyridine rings is 1.